The van der Waals surface area contributed by atoms with Crippen LogP contribution in [0.1, 0.15) is 57.1 Å². The van der Waals surface area contributed by atoms with Crippen LogP contribution in [0.2, 0.25) is 10.0 Å². The van der Waals surface area contributed by atoms with Crippen molar-refractivity contribution in [2.24, 2.45) is 5.41 Å². The van der Waals surface area contributed by atoms with Crippen LogP contribution in [0.4, 0.5) is 8.78 Å². The van der Waals surface area contributed by atoms with Crippen molar-refractivity contribution < 1.29 is 18.7 Å². The molecule has 1 saturated heterocycles. The molecular weight excluding hydrogens is 507 g/mol. The van der Waals surface area contributed by atoms with Crippen LogP contribution in [0.3, 0.4) is 0 Å². The third kappa shape index (κ3) is 7.17. The van der Waals surface area contributed by atoms with Gasteiger partial charge in [-0.3, -0.25) is 4.79 Å². The van der Waals surface area contributed by atoms with Gasteiger partial charge in [-0.05, 0) is 54.0 Å². The van der Waals surface area contributed by atoms with Gasteiger partial charge < -0.3 is 15.7 Å². The lowest BCUT2D eigenvalue weighted by Gasteiger charge is -2.37. The lowest BCUT2D eigenvalue weighted by atomic mass is 9.64. The number of aliphatic hydroxyl groups excluding tert-OH is 1. The molecule has 36 heavy (non-hydrogen) atoms. The van der Waals surface area contributed by atoms with Crippen LogP contribution >= 0.6 is 23.2 Å². The molecule has 2 aromatic carbocycles. The molecule has 0 aromatic heterocycles. The molecule has 1 aliphatic heterocycles. The lowest BCUT2D eigenvalue weighted by Crippen LogP contribution is -2.44. The largest absolute Gasteiger partial charge is 0.396 e. The van der Waals surface area contributed by atoms with E-state index in [9.17, 15) is 18.8 Å². The number of carbonyl (C=O) groups is 1. The maximum Gasteiger partial charge on any atom is 0.207 e. The summed E-state index contributed by atoms with van der Waals surface area (Å²) in [5, 5.41) is 24.5. The first kappa shape index (κ1) is 30.0. The quantitative estimate of drug-likeness (QED) is 0.295. The molecule has 2 unspecified atom stereocenters. The number of nitrogens with one attached hydrogen (secondary N) is 2. The van der Waals surface area contributed by atoms with Crippen molar-refractivity contribution in [3.8, 4) is 6.07 Å². The Hall–Kier alpha value is -2.24. The van der Waals surface area contributed by atoms with Crippen molar-refractivity contribution in [2.75, 3.05) is 19.7 Å². The second-order valence-corrected chi connectivity index (χ2v) is 10.8. The minimum absolute atomic E-state index is 0.00546. The Bertz CT molecular complexity index is 1070. The average Bonchev–Trinajstić information content (AvgIpc) is 3.18. The van der Waals surface area contributed by atoms with Gasteiger partial charge >= 0.3 is 0 Å². The minimum Gasteiger partial charge on any atom is -0.396 e. The number of nitriles is 1. The zero-order valence-electron chi connectivity index (χ0n) is 20.8. The predicted molar refractivity (Wildman–Crippen MR) is 139 cm³/mol. The van der Waals surface area contributed by atoms with E-state index in [1.807, 2.05) is 0 Å². The monoisotopic (exact) mass is 539 g/mol. The third-order valence-electron chi connectivity index (χ3n) is 6.24. The van der Waals surface area contributed by atoms with Crippen molar-refractivity contribution in [3.63, 3.8) is 0 Å². The Morgan fingerprint density at radius 3 is 2.53 bits per heavy atom. The summed E-state index contributed by atoms with van der Waals surface area (Å²) in [5.74, 6) is -1.66. The molecule has 0 radical (unpaired) electrons. The van der Waals surface area contributed by atoms with Crippen LogP contribution in [0, 0.1) is 28.4 Å². The molecule has 0 spiro atoms. The molecule has 1 heterocycles. The normalized spacial score (nSPS) is 21.3. The van der Waals surface area contributed by atoms with Gasteiger partial charge in [-0.25, -0.2) is 8.78 Å². The molecule has 3 N–H and O–H groups in total. The van der Waals surface area contributed by atoms with E-state index in [4.69, 9.17) is 28.3 Å². The highest BCUT2D eigenvalue weighted by atomic mass is 35.5. The molecule has 1 aliphatic rings. The van der Waals surface area contributed by atoms with E-state index < -0.39 is 23.0 Å². The number of amides is 1. The average molecular weight is 540 g/mol. The van der Waals surface area contributed by atoms with Crippen LogP contribution in [0.25, 0.3) is 0 Å². The fourth-order valence-corrected chi connectivity index (χ4v) is 4.89. The SMILES string of the molecule is CC(C)(C)CC1NCC(c2cccc(Cl)c2F)[C@@]1(C#N)c1ccc(Cl)c(F)c1.O=CNCCCCO. The number of unbranched alkanes of at least 4 members (excludes halogenated alkanes) is 1. The van der Waals surface area contributed by atoms with Gasteiger partial charge in [0.15, 0.2) is 0 Å². The zero-order chi connectivity index (χ0) is 26.9. The van der Waals surface area contributed by atoms with E-state index in [1.54, 1.807) is 18.2 Å². The first-order chi connectivity index (χ1) is 17.0. The molecule has 3 rings (SSSR count). The van der Waals surface area contributed by atoms with Crippen molar-refractivity contribution in [1.82, 2.24) is 10.6 Å². The smallest absolute Gasteiger partial charge is 0.207 e. The van der Waals surface area contributed by atoms with Crippen molar-refractivity contribution in [1.29, 1.82) is 5.26 Å². The predicted octanol–water partition coefficient (Wildman–Crippen LogP) is 5.73. The van der Waals surface area contributed by atoms with Crippen molar-refractivity contribution in [2.45, 2.75) is 57.4 Å². The van der Waals surface area contributed by atoms with Gasteiger partial charge in [-0.1, -0.05) is 62.2 Å². The molecule has 196 valence electrons. The fraction of sp³-hybridized carbons (Fsp3) is 0.481. The van der Waals surface area contributed by atoms with Gasteiger partial charge in [0.05, 0.1) is 16.1 Å². The Morgan fingerprint density at radius 2 is 1.94 bits per heavy atom. The minimum atomic E-state index is -1.16. The van der Waals surface area contributed by atoms with Gasteiger partial charge in [-0.2, -0.15) is 5.26 Å². The fourth-order valence-electron chi connectivity index (χ4n) is 4.59. The number of aliphatic hydroxyl groups is 1. The standard InChI is InChI=1S/C22H22Cl2F2N2.C5H11NO2/c1-21(2,3)10-19-22(12-27,13-7-8-16(23)18(25)9-13)15(11-28-19)14-5-4-6-17(24)20(14)26;7-4-2-1-3-6-5-8/h4-9,15,19,28H,10-11H2,1-3H3;5,7H,1-4H2,(H,6,8)/t15?,19?,22-;/m1./s1. The summed E-state index contributed by atoms with van der Waals surface area (Å²) in [6, 6.07) is 11.3. The first-order valence-corrected chi connectivity index (χ1v) is 12.6. The van der Waals surface area contributed by atoms with E-state index in [1.165, 1.54) is 18.2 Å². The number of rotatable bonds is 8. The Labute approximate surface area is 221 Å². The molecule has 0 saturated carbocycles. The van der Waals surface area contributed by atoms with Gasteiger partial charge in [-0.15, -0.1) is 0 Å². The number of hydrogen-bond acceptors (Lipinski definition) is 4. The molecule has 9 heteroatoms. The summed E-state index contributed by atoms with van der Waals surface area (Å²) in [4.78, 5) is 9.59. The van der Waals surface area contributed by atoms with Crippen LogP contribution in [-0.2, 0) is 10.2 Å². The number of benzene rings is 2. The van der Waals surface area contributed by atoms with Gasteiger partial charge in [0.2, 0.25) is 6.41 Å². The maximum absolute atomic E-state index is 14.9. The second-order valence-electron chi connectivity index (χ2n) is 10.0. The summed E-state index contributed by atoms with van der Waals surface area (Å²) in [6.07, 6.45) is 2.94. The summed E-state index contributed by atoms with van der Waals surface area (Å²) in [5.41, 5.74) is -0.412. The molecule has 0 bridgehead atoms. The van der Waals surface area contributed by atoms with Crippen LogP contribution in [0.5, 0.6) is 0 Å². The first-order valence-electron chi connectivity index (χ1n) is 11.8. The highest BCUT2D eigenvalue weighted by Gasteiger charge is 2.54. The van der Waals surface area contributed by atoms with E-state index in [0.717, 1.165) is 12.8 Å². The van der Waals surface area contributed by atoms with E-state index in [-0.39, 0.29) is 28.1 Å². The number of hydrogen-bond donors (Lipinski definition) is 3. The summed E-state index contributed by atoms with van der Waals surface area (Å²) in [6.45, 7) is 7.49. The molecular formula is C27H33Cl2F2N3O2. The van der Waals surface area contributed by atoms with E-state index >= 15 is 0 Å². The van der Waals surface area contributed by atoms with E-state index in [2.05, 4.69) is 37.5 Å². The Kier molecular flexibility index (Phi) is 11.1. The molecule has 5 nitrogen and oxygen atoms in total. The van der Waals surface area contributed by atoms with Crippen LogP contribution in [0.15, 0.2) is 36.4 Å². The van der Waals surface area contributed by atoms with E-state index in [0.29, 0.717) is 37.0 Å². The second kappa shape index (κ2) is 13.3. The van der Waals surface area contributed by atoms with Gasteiger partial charge in [0.1, 0.15) is 17.0 Å². The topological polar surface area (TPSA) is 85.2 Å². The van der Waals surface area contributed by atoms with Gasteiger partial charge in [0.25, 0.3) is 0 Å². The van der Waals surface area contributed by atoms with Crippen molar-refractivity contribution in [3.05, 3.63) is 69.2 Å². The van der Waals surface area contributed by atoms with Gasteiger partial charge in [0, 0.05) is 31.7 Å². The number of halogens is 4. The van der Waals surface area contributed by atoms with Crippen LogP contribution < -0.4 is 10.6 Å². The maximum atomic E-state index is 14.9. The molecule has 2 aromatic rings. The van der Waals surface area contributed by atoms with Crippen molar-refractivity contribution >= 4 is 29.6 Å². The Balaban J connectivity index is 0.000000493. The highest BCUT2D eigenvalue weighted by molar-refractivity contribution is 6.31. The molecule has 1 amide bonds. The lowest BCUT2D eigenvalue weighted by molar-refractivity contribution is -0.109. The molecule has 3 atom stereocenters. The van der Waals surface area contributed by atoms with Crippen LogP contribution in [-0.4, -0.2) is 37.3 Å². The summed E-state index contributed by atoms with van der Waals surface area (Å²) in [7, 11) is 0. The zero-order valence-corrected chi connectivity index (χ0v) is 22.3. The molecule has 0 aliphatic carbocycles. The molecule has 1 fully saturated rings. The summed E-state index contributed by atoms with van der Waals surface area (Å²) >= 11 is 11.9. The third-order valence-corrected chi connectivity index (χ3v) is 6.83. The highest BCUT2D eigenvalue weighted by Crippen LogP contribution is 2.49. The summed E-state index contributed by atoms with van der Waals surface area (Å²) < 4.78 is 29.2. The Morgan fingerprint density at radius 1 is 1.22 bits per heavy atom. The number of nitrogens with zero attached hydrogens (tertiary/aromatic N) is 1. The number of carbonyl (C=O) groups excluding carboxylic acids is 1.